The minimum absolute atomic E-state index is 0.291. The molecule has 0 spiro atoms. The van der Waals surface area contributed by atoms with E-state index in [4.69, 9.17) is 5.73 Å². The summed E-state index contributed by atoms with van der Waals surface area (Å²) >= 11 is 1.23. The lowest BCUT2D eigenvalue weighted by Gasteiger charge is -2.02. The van der Waals surface area contributed by atoms with Gasteiger partial charge in [-0.05, 0) is 6.92 Å². The van der Waals surface area contributed by atoms with Crippen LogP contribution in [0, 0.1) is 0 Å². The molecule has 0 radical (unpaired) electrons. The molecule has 0 atom stereocenters. The molecule has 0 aliphatic heterocycles. The van der Waals surface area contributed by atoms with E-state index in [-0.39, 0.29) is 0 Å². The van der Waals surface area contributed by atoms with Crippen molar-refractivity contribution >= 4 is 22.6 Å². The van der Waals surface area contributed by atoms with Crippen molar-refractivity contribution in [2.75, 3.05) is 11.1 Å². The van der Waals surface area contributed by atoms with Gasteiger partial charge in [-0.1, -0.05) is 0 Å². The lowest BCUT2D eigenvalue weighted by molar-refractivity contribution is 0.708. The maximum atomic E-state index is 5.40. The van der Waals surface area contributed by atoms with Gasteiger partial charge in [-0.15, -0.1) is 10.2 Å². The molecule has 0 fully saturated rings. The van der Waals surface area contributed by atoms with Crippen LogP contribution < -0.4 is 11.1 Å². The van der Waals surface area contributed by atoms with E-state index in [1.807, 2.05) is 11.5 Å². The van der Waals surface area contributed by atoms with Gasteiger partial charge in [0.05, 0.1) is 6.54 Å². The average Bonchev–Trinajstić information content (AvgIpc) is 2.83. The fraction of sp³-hybridized carbons (Fsp3) is 0.429. The third-order valence-corrected chi connectivity index (χ3v) is 2.56. The first-order chi connectivity index (χ1) is 7.29. The van der Waals surface area contributed by atoms with E-state index in [9.17, 15) is 0 Å². The highest BCUT2D eigenvalue weighted by Crippen LogP contribution is 2.12. The van der Waals surface area contributed by atoms with Gasteiger partial charge in [0.2, 0.25) is 11.1 Å². The van der Waals surface area contributed by atoms with Gasteiger partial charge in [-0.3, -0.25) is 0 Å². The summed E-state index contributed by atoms with van der Waals surface area (Å²) in [6.07, 6.45) is 1.70. The lowest BCUT2D eigenvalue weighted by atomic mass is 10.5. The van der Waals surface area contributed by atoms with E-state index >= 15 is 0 Å². The zero-order valence-electron chi connectivity index (χ0n) is 8.21. The molecule has 0 aliphatic carbocycles. The summed E-state index contributed by atoms with van der Waals surface area (Å²) in [6, 6.07) is 0. The number of aryl methyl sites for hydroxylation is 1. The van der Waals surface area contributed by atoms with E-state index in [2.05, 4.69) is 24.9 Å². The summed E-state index contributed by atoms with van der Waals surface area (Å²) in [6.45, 7) is 3.46. The van der Waals surface area contributed by atoms with Crippen LogP contribution in [-0.2, 0) is 13.1 Å². The van der Waals surface area contributed by atoms with Crippen molar-refractivity contribution in [1.82, 2.24) is 24.1 Å². The van der Waals surface area contributed by atoms with Crippen LogP contribution >= 0.6 is 11.5 Å². The number of nitrogens with two attached hydrogens (primary N) is 1. The molecule has 2 aromatic rings. The predicted molar refractivity (Wildman–Crippen MR) is 57.3 cm³/mol. The van der Waals surface area contributed by atoms with Gasteiger partial charge in [0.1, 0.15) is 6.33 Å². The van der Waals surface area contributed by atoms with Crippen LogP contribution in [-0.4, -0.2) is 24.1 Å². The highest BCUT2D eigenvalue weighted by atomic mass is 32.1. The lowest BCUT2D eigenvalue weighted by Crippen LogP contribution is -2.07. The Balaban J connectivity index is 1.98. The predicted octanol–water partition coefficient (Wildman–Crippen LogP) is 0.344. The Morgan fingerprint density at radius 1 is 1.60 bits per heavy atom. The van der Waals surface area contributed by atoms with Gasteiger partial charge in [0.25, 0.3) is 0 Å². The van der Waals surface area contributed by atoms with Crippen LogP contribution in [0.4, 0.5) is 11.1 Å². The molecule has 0 aliphatic rings. The third-order valence-electron chi connectivity index (χ3n) is 1.88. The van der Waals surface area contributed by atoms with Crippen LogP contribution in [0.1, 0.15) is 12.7 Å². The van der Waals surface area contributed by atoms with Gasteiger partial charge in [-0.2, -0.15) is 9.36 Å². The van der Waals surface area contributed by atoms with Crippen molar-refractivity contribution < 1.29 is 0 Å². The summed E-state index contributed by atoms with van der Waals surface area (Å²) < 4.78 is 5.82. The summed E-state index contributed by atoms with van der Waals surface area (Å²) in [5.74, 6) is 1.16. The Kier molecular flexibility index (Phi) is 2.77. The number of nitrogens with zero attached hydrogens (tertiary/aromatic N) is 5. The molecular weight excluding hydrogens is 214 g/mol. The number of hydrogen-bond acceptors (Lipinski definition) is 7. The molecule has 0 saturated heterocycles. The molecule has 0 bridgehead atoms. The molecule has 2 rings (SSSR count). The number of nitrogens with one attached hydrogen (secondary N) is 1. The van der Waals surface area contributed by atoms with Crippen LogP contribution in [0.25, 0.3) is 0 Å². The quantitative estimate of drug-likeness (QED) is 0.779. The molecule has 8 heteroatoms. The Labute approximate surface area is 90.5 Å². The van der Waals surface area contributed by atoms with Crippen molar-refractivity contribution in [3.05, 3.63) is 12.2 Å². The first-order valence-corrected chi connectivity index (χ1v) is 5.26. The minimum Gasteiger partial charge on any atom is -0.367 e. The Hall–Kier alpha value is -1.70. The van der Waals surface area contributed by atoms with Crippen molar-refractivity contribution in [3.8, 4) is 0 Å². The normalized spacial score (nSPS) is 10.5. The first-order valence-electron chi connectivity index (χ1n) is 4.49. The largest absolute Gasteiger partial charge is 0.367 e. The standard InChI is InChI=1S/C7H11N7S/c1-2-14-4-10-12-5(14)3-9-7-11-6(8)13-15-7/h4H,2-3H2,1H3,(H3,8,9,11,13). The van der Waals surface area contributed by atoms with Crippen LogP contribution in [0.5, 0.6) is 0 Å². The van der Waals surface area contributed by atoms with Gasteiger partial charge >= 0.3 is 0 Å². The highest BCUT2D eigenvalue weighted by Gasteiger charge is 2.04. The number of anilines is 2. The number of aromatic nitrogens is 5. The Morgan fingerprint density at radius 2 is 2.47 bits per heavy atom. The molecular formula is C7H11N7S. The summed E-state index contributed by atoms with van der Waals surface area (Å²) in [7, 11) is 0. The molecule has 7 nitrogen and oxygen atoms in total. The fourth-order valence-corrected chi connectivity index (χ4v) is 1.63. The van der Waals surface area contributed by atoms with Crippen LogP contribution in [0.15, 0.2) is 6.33 Å². The molecule has 15 heavy (non-hydrogen) atoms. The summed E-state index contributed by atoms with van der Waals surface area (Å²) in [5, 5.41) is 11.6. The second-order valence-corrected chi connectivity index (χ2v) is 3.60. The van der Waals surface area contributed by atoms with E-state index in [1.165, 1.54) is 11.5 Å². The van der Waals surface area contributed by atoms with Gasteiger partial charge < -0.3 is 15.6 Å². The maximum absolute atomic E-state index is 5.40. The van der Waals surface area contributed by atoms with E-state index < -0.39 is 0 Å². The second-order valence-electron chi connectivity index (χ2n) is 2.84. The molecule has 2 aromatic heterocycles. The molecule has 0 unspecified atom stereocenters. The fourth-order valence-electron chi connectivity index (χ4n) is 1.14. The van der Waals surface area contributed by atoms with Gasteiger partial charge in [0.15, 0.2) is 5.82 Å². The average molecular weight is 225 g/mol. The van der Waals surface area contributed by atoms with Crippen molar-refractivity contribution in [2.45, 2.75) is 20.0 Å². The first kappa shape index (κ1) is 9.84. The maximum Gasteiger partial charge on any atom is 0.233 e. The minimum atomic E-state index is 0.291. The SMILES string of the molecule is CCn1cnnc1CNc1nc(N)ns1. The van der Waals surface area contributed by atoms with Crippen LogP contribution in [0.2, 0.25) is 0 Å². The molecule has 0 amide bonds. The Morgan fingerprint density at radius 3 is 3.13 bits per heavy atom. The monoisotopic (exact) mass is 225 g/mol. The van der Waals surface area contributed by atoms with Gasteiger partial charge in [-0.25, -0.2) is 0 Å². The molecule has 2 heterocycles. The number of nitrogen functional groups attached to an aromatic ring is 1. The second kappa shape index (κ2) is 4.22. The van der Waals surface area contributed by atoms with E-state index in [0.717, 1.165) is 12.4 Å². The van der Waals surface area contributed by atoms with Crippen molar-refractivity contribution in [2.24, 2.45) is 0 Å². The topological polar surface area (TPSA) is 94.5 Å². The van der Waals surface area contributed by atoms with E-state index in [0.29, 0.717) is 17.6 Å². The molecule has 80 valence electrons. The molecule has 0 aromatic carbocycles. The zero-order chi connectivity index (χ0) is 10.7. The molecule has 3 N–H and O–H groups in total. The number of rotatable bonds is 4. The Bertz CT molecular complexity index is 434. The van der Waals surface area contributed by atoms with Crippen LogP contribution in [0.3, 0.4) is 0 Å². The van der Waals surface area contributed by atoms with Crippen molar-refractivity contribution in [1.29, 1.82) is 0 Å². The highest BCUT2D eigenvalue weighted by molar-refractivity contribution is 7.09. The third kappa shape index (κ3) is 2.21. The van der Waals surface area contributed by atoms with Crippen molar-refractivity contribution in [3.63, 3.8) is 0 Å². The van der Waals surface area contributed by atoms with E-state index in [1.54, 1.807) is 6.33 Å². The van der Waals surface area contributed by atoms with Gasteiger partial charge in [0, 0.05) is 18.1 Å². The zero-order valence-corrected chi connectivity index (χ0v) is 9.03. The summed E-state index contributed by atoms with van der Waals surface area (Å²) in [5.41, 5.74) is 5.40. The smallest absolute Gasteiger partial charge is 0.233 e. The molecule has 0 saturated carbocycles. The number of hydrogen-bond donors (Lipinski definition) is 2. The summed E-state index contributed by atoms with van der Waals surface area (Å²) in [4.78, 5) is 3.98.